The number of nitriles is 1. The number of carbonyl (C=O) groups is 1. The van der Waals surface area contributed by atoms with E-state index in [1.165, 1.54) is 18.2 Å². The van der Waals surface area contributed by atoms with Gasteiger partial charge in [-0.05, 0) is 59.7 Å². The number of carboxylic acids is 1. The fourth-order valence-corrected chi connectivity index (χ4v) is 2.76. The Balaban J connectivity index is 2.15. The lowest BCUT2D eigenvalue weighted by Crippen LogP contribution is -2.07. The van der Waals surface area contributed by atoms with E-state index >= 15 is 0 Å². The number of carboxylic acid groups (broad SMARTS) is 1. The third-order valence-electron chi connectivity index (χ3n) is 4.23. The third kappa shape index (κ3) is 4.43. The van der Waals surface area contributed by atoms with E-state index in [0.717, 1.165) is 12.1 Å². The highest BCUT2D eigenvalue weighted by Gasteiger charge is 2.33. The van der Waals surface area contributed by atoms with Crippen molar-refractivity contribution in [2.45, 2.75) is 6.18 Å². The molecule has 0 radical (unpaired) electrons. The number of phenolic OH excluding ortho intramolecular Hbond substituents is 1. The number of alkyl halides is 3. The Hall–Kier alpha value is -4.23. The zero-order valence-corrected chi connectivity index (χ0v) is 15.2. The monoisotopic (exact) mass is 407 g/mol. The molecular formula is C23H12F3NO3. The molecule has 3 aromatic carbocycles. The molecule has 30 heavy (non-hydrogen) atoms. The van der Waals surface area contributed by atoms with Crippen molar-refractivity contribution < 1.29 is 28.2 Å². The van der Waals surface area contributed by atoms with Crippen LogP contribution < -0.4 is 0 Å². The predicted octanol–water partition coefficient (Wildman–Crippen LogP) is 5.05. The van der Waals surface area contributed by atoms with Crippen molar-refractivity contribution in [2.75, 3.05) is 0 Å². The first-order chi connectivity index (χ1) is 14.2. The first-order valence-corrected chi connectivity index (χ1v) is 8.49. The van der Waals surface area contributed by atoms with E-state index in [9.17, 15) is 28.2 Å². The van der Waals surface area contributed by atoms with Gasteiger partial charge in [-0.1, -0.05) is 24.0 Å². The van der Waals surface area contributed by atoms with Crippen molar-refractivity contribution in [3.8, 4) is 34.8 Å². The topological polar surface area (TPSA) is 81.3 Å². The molecular weight excluding hydrogens is 395 g/mol. The minimum atomic E-state index is -4.70. The highest BCUT2D eigenvalue weighted by Crippen LogP contribution is 2.34. The first-order valence-electron chi connectivity index (χ1n) is 8.49. The van der Waals surface area contributed by atoms with Crippen molar-refractivity contribution >= 4 is 5.97 Å². The van der Waals surface area contributed by atoms with Gasteiger partial charge >= 0.3 is 12.1 Å². The number of aromatic hydroxyl groups is 1. The highest BCUT2D eigenvalue weighted by atomic mass is 19.4. The van der Waals surface area contributed by atoms with Crippen LogP contribution in [-0.2, 0) is 6.18 Å². The van der Waals surface area contributed by atoms with Gasteiger partial charge in [0.1, 0.15) is 5.75 Å². The summed E-state index contributed by atoms with van der Waals surface area (Å²) in [7, 11) is 0. The molecule has 0 saturated carbocycles. The molecule has 3 aromatic rings. The number of nitrogens with zero attached hydrogens (tertiary/aromatic N) is 1. The van der Waals surface area contributed by atoms with Crippen LogP contribution in [0, 0.1) is 23.2 Å². The Morgan fingerprint density at radius 1 is 0.900 bits per heavy atom. The third-order valence-corrected chi connectivity index (χ3v) is 4.23. The minimum Gasteiger partial charge on any atom is -0.508 e. The van der Waals surface area contributed by atoms with Gasteiger partial charge in [-0.2, -0.15) is 18.4 Å². The molecule has 148 valence electrons. The largest absolute Gasteiger partial charge is 0.508 e. The average Bonchev–Trinajstić information content (AvgIpc) is 2.72. The summed E-state index contributed by atoms with van der Waals surface area (Å²) in [6.07, 6.45) is -4.70. The van der Waals surface area contributed by atoms with E-state index in [1.54, 1.807) is 24.3 Å². The summed E-state index contributed by atoms with van der Waals surface area (Å²) >= 11 is 0. The maximum absolute atomic E-state index is 13.2. The van der Waals surface area contributed by atoms with Crippen LogP contribution in [0.1, 0.15) is 32.6 Å². The summed E-state index contributed by atoms with van der Waals surface area (Å²) in [6, 6.07) is 15.1. The summed E-state index contributed by atoms with van der Waals surface area (Å²) in [5.41, 5.74) is 0.263. The second-order valence-electron chi connectivity index (χ2n) is 6.23. The molecule has 0 aliphatic heterocycles. The van der Waals surface area contributed by atoms with Crippen LogP contribution in [0.4, 0.5) is 13.2 Å². The molecule has 7 heteroatoms. The zero-order chi connectivity index (χ0) is 21.9. The van der Waals surface area contributed by atoms with Gasteiger partial charge in [-0.15, -0.1) is 0 Å². The lowest BCUT2D eigenvalue weighted by molar-refractivity contribution is -0.137. The number of phenols is 1. The molecule has 0 bridgehead atoms. The first kappa shape index (κ1) is 20.5. The molecule has 4 nitrogen and oxygen atoms in total. The molecule has 2 N–H and O–H groups in total. The number of rotatable bonds is 2. The molecule has 0 unspecified atom stereocenters. The molecule has 3 rings (SSSR count). The summed E-state index contributed by atoms with van der Waals surface area (Å²) in [6.45, 7) is 0. The van der Waals surface area contributed by atoms with E-state index in [2.05, 4.69) is 11.8 Å². The van der Waals surface area contributed by atoms with Crippen LogP contribution in [0.15, 0.2) is 60.7 Å². The van der Waals surface area contributed by atoms with Gasteiger partial charge < -0.3 is 10.2 Å². The summed E-state index contributed by atoms with van der Waals surface area (Å²) in [5, 5.41) is 27.6. The molecule has 0 aliphatic rings. The van der Waals surface area contributed by atoms with Crippen LogP contribution in [0.5, 0.6) is 5.75 Å². The van der Waals surface area contributed by atoms with Gasteiger partial charge in [0.2, 0.25) is 0 Å². The van der Waals surface area contributed by atoms with Crippen LogP contribution in [0.2, 0.25) is 0 Å². The number of hydrogen-bond donors (Lipinski definition) is 2. The summed E-state index contributed by atoms with van der Waals surface area (Å²) in [4.78, 5) is 11.3. The Morgan fingerprint density at radius 2 is 1.53 bits per heavy atom. The number of hydrogen-bond acceptors (Lipinski definition) is 3. The summed E-state index contributed by atoms with van der Waals surface area (Å²) in [5.74, 6) is 3.43. The summed E-state index contributed by atoms with van der Waals surface area (Å²) < 4.78 is 39.7. The van der Waals surface area contributed by atoms with Crippen molar-refractivity contribution in [1.82, 2.24) is 0 Å². The van der Waals surface area contributed by atoms with Crippen molar-refractivity contribution in [1.29, 1.82) is 5.26 Å². The minimum absolute atomic E-state index is 0.0134. The van der Waals surface area contributed by atoms with Crippen LogP contribution in [0.25, 0.3) is 11.1 Å². The SMILES string of the molecule is N#Cc1ccc(-c2cc(C(=O)O)ccc2C#Cc2ccc(O)cc2C(F)(F)F)cc1. The number of aromatic carboxylic acids is 1. The maximum Gasteiger partial charge on any atom is 0.417 e. The molecule has 0 fully saturated rings. The maximum atomic E-state index is 13.2. The molecule has 0 saturated heterocycles. The fourth-order valence-electron chi connectivity index (χ4n) is 2.76. The van der Waals surface area contributed by atoms with Crippen molar-refractivity contribution in [3.63, 3.8) is 0 Å². The number of halogens is 3. The predicted molar refractivity (Wildman–Crippen MR) is 103 cm³/mol. The Morgan fingerprint density at radius 3 is 2.13 bits per heavy atom. The Kier molecular flexibility index (Phi) is 5.48. The molecule has 0 aliphatic carbocycles. The smallest absolute Gasteiger partial charge is 0.417 e. The Labute approximate surface area is 169 Å². The standard InChI is InChI=1S/C23H12F3NO3/c24-23(25,26)21-12-19(28)10-9-17(21)7-5-16-6-8-18(22(29)30)11-20(16)15-3-1-14(13-27)2-4-15/h1-4,6,8-12,28H,(H,29,30). The van der Waals surface area contributed by atoms with E-state index in [0.29, 0.717) is 28.3 Å². The van der Waals surface area contributed by atoms with E-state index in [1.807, 2.05) is 6.07 Å². The van der Waals surface area contributed by atoms with Crippen molar-refractivity contribution in [2.24, 2.45) is 0 Å². The normalized spacial score (nSPS) is 10.6. The van der Waals surface area contributed by atoms with E-state index in [4.69, 9.17) is 5.26 Å². The molecule has 0 amide bonds. The van der Waals surface area contributed by atoms with Gasteiger partial charge in [-0.25, -0.2) is 4.79 Å². The molecule has 0 aromatic heterocycles. The number of benzene rings is 3. The van der Waals surface area contributed by atoms with Crippen LogP contribution in [0.3, 0.4) is 0 Å². The quantitative estimate of drug-likeness (QED) is 0.583. The molecule has 0 spiro atoms. The highest BCUT2D eigenvalue weighted by molar-refractivity contribution is 5.90. The van der Waals surface area contributed by atoms with E-state index in [-0.39, 0.29) is 11.1 Å². The van der Waals surface area contributed by atoms with E-state index < -0.39 is 23.5 Å². The fraction of sp³-hybridized carbons (Fsp3) is 0.0435. The van der Waals surface area contributed by atoms with Gasteiger partial charge in [0.15, 0.2) is 0 Å². The van der Waals surface area contributed by atoms with Gasteiger partial charge in [0, 0.05) is 11.1 Å². The van der Waals surface area contributed by atoms with Crippen LogP contribution >= 0.6 is 0 Å². The lowest BCUT2D eigenvalue weighted by atomic mass is 9.96. The lowest BCUT2D eigenvalue weighted by Gasteiger charge is -2.10. The van der Waals surface area contributed by atoms with Gasteiger partial charge in [-0.3, -0.25) is 0 Å². The molecule has 0 heterocycles. The molecule has 0 atom stereocenters. The second kappa shape index (κ2) is 8.02. The van der Waals surface area contributed by atoms with Gasteiger partial charge in [0.05, 0.1) is 22.8 Å². The Bertz CT molecular complexity index is 1230. The van der Waals surface area contributed by atoms with Gasteiger partial charge in [0.25, 0.3) is 0 Å². The second-order valence-corrected chi connectivity index (χ2v) is 6.23. The average molecular weight is 407 g/mol. The van der Waals surface area contributed by atoms with Crippen LogP contribution in [-0.4, -0.2) is 16.2 Å². The van der Waals surface area contributed by atoms with Crippen molar-refractivity contribution in [3.05, 3.63) is 88.5 Å². The zero-order valence-electron chi connectivity index (χ0n) is 15.2.